The zero-order chi connectivity index (χ0) is 17.2. The van der Waals surface area contributed by atoms with Crippen molar-refractivity contribution in [2.45, 2.75) is 24.7 Å². The van der Waals surface area contributed by atoms with Crippen molar-refractivity contribution >= 4 is 29.3 Å². The van der Waals surface area contributed by atoms with Crippen LogP contribution in [-0.2, 0) is 16.0 Å². The number of aryl methyl sites for hydroxylation is 1. The van der Waals surface area contributed by atoms with E-state index in [0.717, 1.165) is 23.6 Å². The van der Waals surface area contributed by atoms with Crippen molar-refractivity contribution in [2.24, 2.45) is 0 Å². The molecule has 2 aromatic carbocycles. The summed E-state index contributed by atoms with van der Waals surface area (Å²) in [6.07, 6.45) is 2.11. The highest BCUT2D eigenvalue weighted by Crippen LogP contribution is 2.22. The van der Waals surface area contributed by atoms with Crippen LogP contribution in [0.1, 0.15) is 18.9 Å². The normalized spacial score (nSPS) is 10.4. The van der Waals surface area contributed by atoms with E-state index in [1.807, 2.05) is 60.3 Å². The molecular weight excluding hydrogens is 344 g/mol. The van der Waals surface area contributed by atoms with Crippen LogP contribution in [-0.4, -0.2) is 24.9 Å². The van der Waals surface area contributed by atoms with Crippen LogP contribution >= 0.6 is 23.4 Å². The highest BCUT2D eigenvalue weighted by molar-refractivity contribution is 7.99. The number of esters is 1. The van der Waals surface area contributed by atoms with Gasteiger partial charge in [-0.05, 0) is 67.5 Å². The van der Waals surface area contributed by atoms with Crippen LogP contribution in [0.25, 0.3) is 0 Å². The van der Waals surface area contributed by atoms with Gasteiger partial charge in [0.15, 0.2) is 6.61 Å². The van der Waals surface area contributed by atoms with Crippen molar-refractivity contribution in [3.8, 4) is 5.75 Å². The second kappa shape index (κ2) is 10.3. The molecule has 0 saturated carbocycles. The Morgan fingerprint density at radius 3 is 2.46 bits per heavy atom. The van der Waals surface area contributed by atoms with Gasteiger partial charge in [0.2, 0.25) is 0 Å². The molecule has 2 rings (SSSR count). The molecule has 0 N–H and O–H groups in total. The van der Waals surface area contributed by atoms with Gasteiger partial charge in [0, 0.05) is 9.92 Å². The van der Waals surface area contributed by atoms with Crippen molar-refractivity contribution in [1.82, 2.24) is 0 Å². The van der Waals surface area contributed by atoms with Gasteiger partial charge in [-0.2, -0.15) is 0 Å². The molecule has 0 radical (unpaired) electrons. The number of ether oxygens (including phenoxy) is 2. The molecule has 0 fully saturated rings. The van der Waals surface area contributed by atoms with E-state index >= 15 is 0 Å². The summed E-state index contributed by atoms with van der Waals surface area (Å²) in [4.78, 5) is 12.5. The van der Waals surface area contributed by atoms with Crippen LogP contribution in [0, 0.1) is 0 Å². The van der Waals surface area contributed by atoms with Gasteiger partial charge in [-0.15, -0.1) is 11.8 Å². The number of hydrogen-bond acceptors (Lipinski definition) is 4. The minimum atomic E-state index is -0.346. The molecule has 0 amide bonds. The lowest BCUT2D eigenvalue weighted by atomic mass is 10.1. The lowest BCUT2D eigenvalue weighted by Crippen LogP contribution is -2.14. The molecule has 0 aliphatic carbocycles. The molecule has 5 heteroatoms. The largest absolute Gasteiger partial charge is 0.482 e. The molecule has 0 spiro atoms. The third kappa shape index (κ3) is 6.85. The summed E-state index contributed by atoms with van der Waals surface area (Å²) in [5.41, 5.74) is 1.26. The fourth-order valence-corrected chi connectivity index (χ4v) is 3.07. The zero-order valence-corrected chi connectivity index (χ0v) is 15.2. The quantitative estimate of drug-likeness (QED) is 0.356. The zero-order valence-electron chi connectivity index (χ0n) is 13.7. The molecule has 0 aromatic heterocycles. The lowest BCUT2D eigenvalue weighted by molar-refractivity contribution is -0.145. The van der Waals surface area contributed by atoms with Crippen LogP contribution in [0.3, 0.4) is 0 Å². The first-order chi connectivity index (χ1) is 11.7. The molecule has 3 nitrogen and oxygen atoms in total. The minimum absolute atomic E-state index is 0.0507. The summed E-state index contributed by atoms with van der Waals surface area (Å²) in [5, 5.41) is 0.768. The topological polar surface area (TPSA) is 35.5 Å². The summed E-state index contributed by atoms with van der Waals surface area (Å²) in [5.74, 6) is 1.39. The molecule has 0 unspecified atom stereocenters. The van der Waals surface area contributed by atoms with Crippen LogP contribution < -0.4 is 4.74 Å². The van der Waals surface area contributed by atoms with E-state index < -0.39 is 0 Å². The van der Waals surface area contributed by atoms with Crippen LogP contribution in [0.15, 0.2) is 53.4 Å². The fraction of sp³-hybridized carbons (Fsp3) is 0.316. The molecule has 0 heterocycles. The standard InChI is InChI=1S/C19H21ClO3S/c1-2-22-19(21)14-23-17-9-5-15(6-10-17)4-3-13-24-18-11-7-16(20)8-12-18/h5-12H,2-4,13-14H2,1H3. The van der Waals surface area contributed by atoms with E-state index in [4.69, 9.17) is 21.1 Å². The Morgan fingerprint density at radius 1 is 1.08 bits per heavy atom. The monoisotopic (exact) mass is 364 g/mol. The Bertz CT molecular complexity index is 626. The number of benzene rings is 2. The Labute approximate surface area is 152 Å². The van der Waals surface area contributed by atoms with E-state index in [9.17, 15) is 4.79 Å². The van der Waals surface area contributed by atoms with Gasteiger partial charge in [-0.25, -0.2) is 4.79 Å². The average molecular weight is 365 g/mol. The third-order valence-corrected chi connectivity index (χ3v) is 4.63. The molecule has 0 aliphatic heterocycles. The van der Waals surface area contributed by atoms with Crippen LogP contribution in [0.4, 0.5) is 0 Å². The summed E-state index contributed by atoms with van der Waals surface area (Å²) >= 11 is 7.71. The number of carbonyl (C=O) groups is 1. The second-order valence-corrected chi connectivity index (χ2v) is 6.75. The molecule has 128 valence electrons. The van der Waals surface area contributed by atoms with Gasteiger partial charge in [0.1, 0.15) is 5.75 Å². The Kier molecular flexibility index (Phi) is 7.99. The highest BCUT2D eigenvalue weighted by atomic mass is 35.5. The predicted molar refractivity (Wildman–Crippen MR) is 99.1 cm³/mol. The van der Waals surface area contributed by atoms with Crippen molar-refractivity contribution in [3.05, 3.63) is 59.1 Å². The first-order valence-electron chi connectivity index (χ1n) is 7.93. The number of halogens is 1. The number of hydrogen-bond donors (Lipinski definition) is 0. The molecule has 0 atom stereocenters. The van der Waals surface area contributed by atoms with Crippen LogP contribution in [0.5, 0.6) is 5.75 Å². The summed E-state index contributed by atoms with van der Waals surface area (Å²) in [6, 6.07) is 15.8. The lowest BCUT2D eigenvalue weighted by Gasteiger charge is -2.07. The molecule has 24 heavy (non-hydrogen) atoms. The summed E-state index contributed by atoms with van der Waals surface area (Å²) in [7, 11) is 0. The highest BCUT2D eigenvalue weighted by Gasteiger charge is 2.03. The Morgan fingerprint density at radius 2 is 1.79 bits per heavy atom. The predicted octanol–water partition coefficient (Wildman–Crippen LogP) is 5.01. The summed E-state index contributed by atoms with van der Waals surface area (Å²) < 4.78 is 10.2. The molecule has 0 aliphatic rings. The number of rotatable bonds is 9. The van der Waals surface area contributed by atoms with E-state index in [2.05, 4.69) is 0 Å². The molecular formula is C19H21ClO3S. The van der Waals surface area contributed by atoms with Gasteiger partial charge in [0.25, 0.3) is 0 Å². The van der Waals surface area contributed by atoms with Crippen molar-refractivity contribution < 1.29 is 14.3 Å². The Balaban J connectivity index is 1.68. The maximum absolute atomic E-state index is 11.2. The summed E-state index contributed by atoms with van der Waals surface area (Å²) in [6.45, 7) is 2.10. The van der Waals surface area contributed by atoms with Gasteiger partial charge >= 0.3 is 5.97 Å². The maximum Gasteiger partial charge on any atom is 0.344 e. The molecule has 0 bridgehead atoms. The SMILES string of the molecule is CCOC(=O)COc1ccc(CCCSc2ccc(Cl)cc2)cc1. The van der Waals surface area contributed by atoms with Crippen molar-refractivity contribution in [3.63, 3.8) is 0 Å². The average Bonchev–Trinajstić information content (AvgIpc) is 2.60. The molecule has 0 saturated heterocycles. The first kappa shape index (κ1) is 18.7. The third-order valence-electron chi connectivity index (χ3n) is 3.28. The van der Waals surface area contributed by atoms with Crippen molar-refractivity contribution in [2.75, 3.05) is 19.0 Å². The van der Waals surface area contributed by atoms with Gasteiger partial charge < -0.3 is 9.47 Å². The van der Waals surface area contributed by atoms with E-state index in [0.29, 0.717) is 12.4 Å². The first-order valence-corrected chi connectivity index (χ1v) is 9.29. The van der Waals surface area contributed by atoms with Gasteiger partial charge in [-0.1, -0.05) is 23.7 Å². The minimum Gasteiger partial charge on any atom is -0.482 e. The van der Waals surface area contributed by atoms with E-state index in [-0.39, 0.29) is 12.6 Å². The maximum atomic E-state index is 11.2. The van der Waals surface area contributed by atoms with Gasteiger partial charge in [-0.3, -0.25) is 0 Å². The number of thioether (sulfide) groups is 1. The fourth-order valence-electron chi connectivity index (χ4n) is 2.09. The van der Waals surface area contributed by atoms with Crippen molar-refractivity contribution in [1.29, 1.82) is 0 Å². The van der Waals surface area contributed by atoms with Gasteiger partial charge in [0.05, 0.1) is 6.61 Å². The molecule has 2 aromatic rings. The van der Waals surface area contributed by atoms with E-state index in [1.165, 1.54) is 10.5 Å². The number of carbonyl (C=O) groups excluding carboxylic acids is 1. The van der Waals surface area contributed by atoms with Crippen LogP contribution in [0.2, 0.25) is 5.02 Å². The second-order valence-electron chi connectivity index (χ2n) is 5.14. The van der Waals surface area contributed by atoms with E-state index in [1.54, 1.807) is 6.92 Å². The Hall–Kier alpha value is -1.65. The smallest absolute Gasteiger partial charge is 0.344 e.